The molecule has 1 nitrogen and oxygen atoms in total. The highest BCUT2D eigenvalue weighted by Crippen LogP contribution is 2.23. The van der Waals surface area contributed by atoms with Crippen LogP contribution in [0, 0.1) is 0 Å². The lowest BCUT2D eigenvalue weighted by atomic mass is 9.98. The molecule has 0 saturated heterocycles. The Morgan fingerprint density at radius 3 is 1.55 bits per heavy atom. The molecule has 0 bridgehead atoms. The summed E-state index contributed by atoms with van der Waals surface area (Å²) in [5, 5.41) is 1.24. The van der Waals surface area contributed by atoms with Crippen molar-refractivity contribution in [2.45, 2.75) is 12.8 Å². The molecule has 0 radical (unpaired) electrons. The van der Waals surface area contributed by atoms with Crippen LogP contribution in [0.5, 0.6) is 0 Å². The van der Waals surface area contributed by atoms with Gasteiger partial charge in [0.05, 0.1) is 0 Å². The Morgan fingerprint density at radius 2 is 1.18 bits per heavy atom. The Labute approximate surface area is 150 Å². The molecule has 0 unspecified atom stereocenters. The fourth-order valence-corrected chi connectivity index (χ4v) is 3.02. The zero-order chi connectivity index (χ0) is 16.1. The van der Waals surface area contributed by atoms with E-state index in [1.54, 1.807) is 36.4 Å². The smallest absolute Gasteiger partial charge is 0.193 e. The zero-order valence-corrected chi connectivity index (χ0v) is 14.7. The van der Waals surface area contributed by atoms with Crippen LogP contribution in [0.2, 0.25) is 10.0 Å². The number of benzene rings is 2. The van der Waals surface area contributed by atoms with Gasteiger partial charge in [-0.3, -0.25) is 4.79 Å². The molecule has 0 spiro atoms. The first kappa shape index (κ1) is 17.6. The van der Waals surface area contributed by atoms with Crippen molar-refractivity contribution in [1.29, 1.82) is 0 Å². The monoisotopic (exact) mass is 374 g/mol. The number of carbonyl (C=O) groups is 1. The fraction of sp³-hybridized carbons (Fsp3) is 0.235. The summed E-state index contributed by atoms with van der Waals surface area (Å²) in [6, 6.07) is 10.5. The molecule has 0 amide bonds. The summed E-state index contributed by atoms with van der Waals surface area (Å²) < 4.78 is 0. The van der Waals surface area contributed by atoms with E-state index in [4.69, 9.17) is 46.4 Å². The van der Waals surface area contributed by atoms with Crippen molar-refractivity contribution in [2.24, 2.45) is 0 Å². The molecule has 0 aromatic heterocycles. The molecule has 22 heavy (non-hydrogen) atoms. The molecule has 0 fully saturated rings. The standard InChI is InChI=1S/C17H14Cl4O/c18-7-5-11-9-13(1-3-15(11)20)17(22)14-2-4-16(21)12(10-14)6-8-19/h1-4,9-10H,5-8H2. The molecule has 0 aliphatic carbocycles. The second-order valence-corrected chi connectivity index (χ2v) is 6.39. The number of alkyl halides is 2. The maximum atomic E-state index is 12.6. The van der Waals surface area contributed by atoms with Crippen molar-refractivity contribution < 1.29 is 4.79 Å². The highest BCUT2D eigenvalue weighted by molar-refractivity contribution is 6.32. The van der Waals surface area contributed by atoms with Gasteiger partial charge in [-0.05, 0) is 60.4 Å². The molecule has 116 valence electrons. The Balaban J connectivity index is 2.35. The number of halogens is 4. The number of rotatable bonds is 6. The van der Waals surface area contributed by atoms with E-state index in [1.807, 2.05) is 0 Å². The van der Waals surface area contributed by atoms with E-state index in [0.717, 1.165) is 11.1 Å². The largest absolute Gasteiger partial charge is 0.289 e. The van der Waals surface area contributed by atoms with E-state index >= 15 is 0 Å². The van der Waals surface area contributed by atoms with Gasteiger partial charge in [-0.25, -0.2) is 0 Å². The van der Waals surface area contributed by atoms with Crippen LogP contribution in [0.25, 0.3) is 0 Å². The minimum atomic E-state index is -0.0695. The van der Waals surface area contributed by atoms with Gasteiger partial charge in [-0.15, -0.1) is 23.2 Å². The molecular weight excluding hydrogens is 362 g/mol. The van der Waals surface area contributed by atoms with Crippen molar-refractivity contribution in [1.82, 2.24) is 0 Å². The lowest BCUT2D eigenvalue weighted by molar-refractivity contribution is 0.103. The third-order valence-electron chi connectivity index (χ3n) is 3.34. The van der Waals surface area contributed by atoms with Crippen molar-refractivity contribution in [3.8, 4) is 0 Å². The summed E-state index contributed by atoms with van der Waals surface area (Å²) in [6.45, 7) is 0. The predicted octanol–water partition coefficient (Wildman–Crippen LogP) is 5.79. The predicted molar refractivity (Wildman–Crippen MR) is 95.2 cm³/mol. The molecule has 0 saturated carbocycles. The molecule has 2 aromatic rings. The summed E-state index contributed by atoms with van der Waals surface area (Å²) in [7, 11) is 0. The Bertz CT molecular complexity index is 625. The lowest BCUT2D eigenvalue weighted by Gasteiger charge is -2.08. The van der Waals surface area contributed by atoms with Gasteiger partial charge >= 0.3 is 0 Å². The SMILES string of the molecule is O=C(c1ccc(Cl)c(CCCl)c1)c1ccc(Cl)c(CCCl)c1. The van der Waals surface area contributed by atoms with E-state index in [1.165, 1.54) is 0 Å². The van der Waals surface area contributed by atoms with E-state index in [2.05, 4.69) is 0 Å². The van der Waals surface area contributed by atoms with Gasteiger partial charge in [0.15, 0.2) is 5.78 Å². The van der Waals surface area contributed by atoms with Gasteiger partial charge in [0.2, 0.25) is 0 Å². The first-order chi connectivity index (χ1) is 10.6. The number of carbonyl (C=O) groups excluding carboxylic acids is 1. The molecule has 2 aromatic carbocycles. The molecule has 2 rings (SSSR count). The van der Waals surface area contributed by atoms with Crippen LogP contribution in [0.4, 0.5) is 0 Å². The Morgan fingerprint density at radius 1 is 0.773 bits per heavy atom. The second kappa shape index (κ2) is 8.21. The fourth-order valence-electron chi connectivity index (χ4n) is 2.19. The molecular formula is C17H14Cl4O. The summed E-state index contributed by atoms with van der Waals surface area (Å²) in [5.41, 5.74) is 2.92. The highest BCUT2D eigenvalue weighted by atomic mass is 35.5. The normalized spacial score (nSPS) is 10.7. The second-order valence-electron chi connectivity index (χ2n) is 4.82. The van der Waals surface area contributed by atoms with Crippen LogP contribution >= 0.6 is 46.4 Å². The van der Waals surface area contributed by atoms with Gasteiger partial charge in [0.25, 0.3) is 0 Å². The van der Waals surface area contributed by atoms with Crippen LogP contribution in [0.1, 0.15) is 27.0 Å². The highest BCUT2D eigenvalue weighted by Gasteiger charge is 2.13. The van der Waals surface area contributed by atoms with Crippen molar-refractivity contribution in [3.63, 3.8) is 0 Å². The number of ketones is 1. The molecule has 0 atom stereocenters. The van der Waals surface area contributed by atoms with Gasteiger partial charge in [-0.2, -0.15) is 0 Å². The molecule has 0 aliphatic rings. The Kier molecular flexibility index (Phi) is 6.58. The average Bonchev–Trinajstić information content (AvgIpc) is 2.51. The van der Waals surface area contributed by atoms with E-state index in [0.29, 0.717) is 45.8 Å². The summed E-state index contributed by atoms with van der Waals surface area (Å²) in [6.07, 6.45) is 1.25. The maximum absolute atomic E-state index is 12.6. The number of hydrogen-bond donors (Lipinski definition) is 0. The maximum Gasteiger partial charge on any atom is 0.193 e. The van der Waals surface area contributed by atoms with Gasteiger partial charge in [0, 0.05) is 32.9 Å². The molecule has 5 heteroatoms. The van der Waals surface area contributed by atoms with E-state index in [-0.39, 0.29) is 5.78 Å². The van der Waals surface area contributed by atoms with Crippen molar-refractivity contribution in [3.05, 3.63) is 68.7 Å². The van der Waals surface area contributed by atoms with Crippen molar-refractivity contribution in [2.75, 3.05) is 11.8 Å². The third kappa shape index (κ3) is 4.17. The third-order valence-corrected chi connectivity index (χ3v) is 4.46. The molecule has 0 aliphatic heterocycles. The van der Waals surface area contributed by atoms with E-state index in [9.17, 15) is 4.79 Å². The van der Waals surface area contributed by atoms with Crippen LogP contribution in [0.15, 0.2) is 36.4 Å². The van der Waals surface area contributed by atoms with Crippen molar-refractivity contribution >= 4 is 52.2 Å². The molecule has 0 N–H and O–H groups in total. The lowest BCUT2D eigenvalue weighted by Crippen LogP contribution is -2.04. The van der Waals surface area contributed by atoms with Crippen LogP contribution in [-0.4, -0.2) is 17.5 Å². The topological polar surface area (TPSA) is 17.1 Å². The average molecular weight is 376 g/mol. The van der Waals surface area contributed by atoms with Gasteiger partial charge in [-0.1, -0.05) is 23.2 Å². The van der Waals surface area contributed by atoms with Crippen LogP contribution in [0.3, 0.4) is 0 Å². The van der Waals surface area contributed by atoms with Gasteiger partial charge < -0.3 is 0 Å². The van der Waals surface area contributed by atoms with Crippen LogP contribution < -0.4 is 0 Å². The first-order valence-electron chi connectivity index (χ1n) is 6.80. The first-order valence-corrected chi connectivity index (χ1v) is 8.62. The molecule has 0 heterocycles. The summed E-state index contributed by atoms with van der Waals surface area (Å²) in [4.78, 5) is 12.6. The van der Waals surface area contributed by atoms with E-state index < -0.39 is 0 Å². The number of hydrogen-bond acceptors (Lipinski definition) is 1. The quantitative estimate of drug-likeness (QED) is 0.461. The minimum absolute atomic E-state index is 0.0695. The minimum Gasteiger partial charge on any atom is -0.289 e. The van der Waals surface area contributed by atoms with Gasteiger partial charge in [0.1, 0.15) is 0 Å². The van der Waals surface area contributed by atoms with Crippen LogP contribution in [-0.2, 0) is 12.8 Å². The summed E-state index contributed by atoms with van der Waals surface area (Å²) >= 11 is 23.7. The Hall–Kier alpha value is -0.730. The number of aryl methyl sites for hydroxylation is 2. The zero-order valence-electron chi connectivity index (χ0n) is 11.7. The summed E-state index contributed by atoms with van der Waals surface area (Å²) in [5.74, 6) is 0.844.